The lowest BCUT2D eigenvalue weighted by atomic mass is 10.2. The Labute approximate surface area is 109 Å². The van der Waals surface area contributed by atoms with Crippen molar-refractivity contribution < 1.29 is 18.1 Å². The maximum atomic E-state index is 11.9. The van der Waals surface area contributed by atoms with E-state index >= 15 is 0 Å². The number of hydrogen-bond acceptors (Lipinski definition) is 5. The Morgan fingerprint density at radius 1 is 1.24 bits per heavy atom. The minimum atomic E-state index is -3.45. The average molecular weight is 283 g/mol. The highest BCUT2D eigenvalue weighted by Gasteiger charge is 2.25. The van der Waals surface area contributed by atoms with Gasteiger partial charge in [-0.25, -0.2) is 4.57 Å². The molecule has 0 aliphatic rings. The van der Waals surface area contributed by atoms with Crippen molar-refractivity contribution in [3.05, 3.63) is 0 Å². The zero-order valence-electron chi connectivity index (χ0n) is 10.9. The van der Waals surface area contributed by atoms with Crippen LogP contribution in [0.15, 0.2) is 0 Å². The predicted octanol–water partition coefficient (Wildman–Crippen LogP) is 2.76. The number of phosphoric acid groups is 1. The second-order valence-corrected chi connectivity index (χ2v) is 5.92. The standard InChI is InChI=1S/C10H22NO4PS/c1-5-13-16(12,14-6-2)15-8-10(17)11-7-9(3)4/h9H,5-8H2,1-4H3,(H,11,17). The molecule has 0 saturated heterocycles. The largest absolute Gasteiger partial charge is 0.475 e. The number of thiocarbonyl (C=S) groups is 1. The Morgan fingerprint density at radius 2 is 1.76 bits per heavy atom. The zero-order chi connectivity index (χ0) is 13.3. The van der Waals surface area contributed by atoms with Crippen molar-refractivity contribution in [1.29, 1.82) is 0 Å². The summed E-state index contributed by atoms with van der Waals surface area (Å²) in [5.41, 5.74) is 0. The summed E-state index contributed by atoms with van der Waals surface area (Å²) in [6, 6.07) is 0. The lowest BCUT2D eigenvalue weighted by Crippen LogP contribution is -2.29. The summed E-state index contributed by atoms with van der Waals surface area (Å²) in [5, 5.41) is 3.01. The highest BCUT2D eigenvalue weighted by molar-refractivity contribution is 7.80. The molecule has 0 fully saturated rings. The van der Waals surface area contributed by atoms with E-state index in [1.54, 1.807) is 13.8 Å². The summed E-state index contributed by atoms with van der Waals surface area (Å²) < 4.78 is 27.0. The van der Waals surface area contributed by atoms with Crippen LogP contribution in [0.25, 0.3) is 0 Å². The first-order valence-electron chi connectivity index (χ1n) is 5.73. The maximum Gasteiger partial charge on any atom is 0.475 e. The summed E-state index contributed by atoms with van der Waals surface area (Å²) in [6.45, 7) is 8.93. The molecule has 102 valence electrons. The summed E-state index contributed by atoms with van der Waals surface area (Å²) >= 11 is 5.04. The van der Waals surface area contributed by atoms with E-state index in [-0.39, 0.29) is 19.8 Å². The molecule has 0 aliphatic heterocycles. The minimum Gasteiger partial charge on any atom is -0.377 e. The molecule has 0 aromatic heterocycles. The SMILES string of the molecule is CCOP(=O)(OCC)OCC(=S)NCC(C)C. The molecule has 0 heterocycles. The Morgan fingerprint density at radius 3 is 2.18 bits per heavy atom. The van der Waals surface area contributed by atoms with E-state index in [2.05, 4.69) is 19.2 Å². The van der Waals surface area contributed by atoms with Gasteiger partial charge in [0.1, 0.15) is 11.6 Å². The normalized spacial score (nSPS) is 11.8. The second-order valence-electron chi connectivity index (χ2n) is 3.75. The smallest absolute Gasteiger partial charge is 0.377 e. The van der Waals surface area contributed by atoms with Crippen LogP contribution in [-0.4, -0.2) is 31.4 Å². The molecule has 0 spiro atoms. The summed E-state index contributed by atoms with van der Waals surface area (Å²) in [7, 11) is -3.45. The van der Waals surface area contributed by atoms with Crippen LogP contribution in [0.3, 0.4) is 0 Å². The highest BCUT2D eigenvalue weighted by atomic mass is 32.1. The fraction of sp³-hybridized carbons (Fsp3) is 0.900. The number of rotatable bonds is 9. The van der Waals surface area contributed by atoms with Crippen LogP contribution in [-0.2, 0) is 18.1 Å². The van der Waals surface area contributed by atoms with Gasteiger partial charge in [-0.1, -0.05) is 26.1 Å². The second kappa shape index (κ2) is 9.00. The molecular weight excluding hydrogens is 261 g/mol. The van der Waals surface area contributed by atoms with E-state index in [9.17, 15) is 4.57 Å². The van der Waals surface area contributed by atoms with Crippen LogP contribution in [0.5, 0.6) is 0 Å². The van der Waals surface area contributed by atoms with Crippen molar-refractivity contribution in [1.82, 2.24) is 5.32 Å². The monoisotopic (exact) mass is 283 g/mol. The number of hydrogen-bond donors (Lipinski definition) is 1. The van der Waals surface area contributed by atoms with E-state index in [0.29, 0.717) is 10.9 Å². The zero-order valence-corrected chi connectivity index (χ0v) is 12.6. The van der Waals surface area contributed by atoms with Crippen LogP contribution in [0.4, 0.5) is 0 Å². The Bertz CT molecular complexity index is 263. The van der Waals surface area contributed by atoms with Crippen molar-refractivity contribution in [2.24, 2.45) is 5.92 Å². The summed E-state index contributed by atoms with van der Waals surface area (Å²) in [5.74, 6) is 0.485. The molecule has 5 nitrogen and oxygen atoms in total. The van der Waals surface area contributed by atoms with Gasteiger partial charge in [-0.05, 0) is 19.8 Å². The lowest BCUT2D eigenvalue weighted by Gasteiger charge is -2.17. The van der Waals surface area contributed by atoms with Crippen molar-refractivity contribution >= 4 is 25.0 Å². The Kier molecular flexibility index (Phi) is 9.00. The van der Waals surface area contributed by atoms with E-state index in [0.717, 1.165) is 6.54 Å². The van der Waals surface area contributed by atoms with Gasteiger partial charge < -0.3 is 5.32 Å². The molecule has 0 radical (unpaired) electrons. The molecule has 0 aliphatic carbocycles. The highest BCUT2D eigenvalue weighted by Crippen LogP contribution is 2.48. The third-order valence-electron chi connectivity index (χ3n) is 1.64. The van der Waals surface area contributed by atoms with Gasteiger partial charge in [0.05, 0.1) is 13.2 Å². The first-order valence-corrected chi connectivity index (χ1v) is 7.60. The van der Waals surface area contributed by atoms with Crippen LogP contribution < -0.4 is 5.32 Å². The molecule has 17 heavy (non-hydrogen) atoms. The number of phosphoric ester groups is 1. The van der Waals surface area contributed by atoms with E-state index in [1.807, 2.05) is 0 Å². The molecule has 0 bridgehead atoms. The molecular formula is C10H22NO4PS. The van der Waals surface area contributed by atoms with Gasteiger partial charge in [0.15, 0.2) is 0 Å². The van der Waals surface area contributed by atoms with Gasteiger partial charge in [0.25, 0.3) is 0 Å². The fourth-order valence-corrected chi connectivity index (χ4v) is 2.31. The van der Waals surface area contributed by atoms with Crippen LogP contribution in [0, 0.1) is 5.92 Å². The molecule has 7 heteroatoms. The topological polar surface area (TPSA) is 56.8 Å². The molecule has 0 aromatic rings. The van der Waals surface area contributed by atoms with E-state index in [1.165, 1.54) is 0 Å². The van der Waals surface area contributed by atoms with Crippen LogP contribution >= 0.6 is 20.0 Å². The average Bonchev–Trinajstić information content (AvgIpc) is 2.24. The molecule has 0 amide bonds. The first-order chi connectivity index (χ1) is 7.93. The molecule has 0 unspecified atom stereocenters. The minimum absolute atomic E-state index is 0.0410. The van der Waals surface area contributed by atoms with Crippen molar-refractivity contribution in [3.8, 4) is 0 Å². The van der Waals surface area contributed by atoms with E-state index < -0.39 is 7.82 Å². The van der Waals surface area contributed by atoms with Gasteiger partial charge in [-0.2, -0.15) is 0 Å². The molecule has 0 rings (SSSR count). The van der Waals surface area contributed by atoms with Gasteiger partial charge in [-0.3, -0.25) is 13.6 Å². The maximum absolute atomic E-state index is 11.9. The van der Waals surface area contributed by atoms with Crippen molar-refractivity contribution in [2.75, 3.05) is 26.4 Å². The van der Waals surface area contributed by atoms with Gasteiger partial charge >= 0.3 is 7.82 Å². The summed E-state index contributed by atoms with van der Waals surface area (Å²) in [6.07, 6.45) is 0. The summed E-state index contributed by atoms with van der Waals surface area (Å²) in [4.78, 5) is 0.498. The molecule has 1 N–H and O–H groups in total. The van der Waals surface area contributed by atoms with Crippen molar-refractivity contribution in [3.63, 3.8) is 0 Å². The first kappa shape index (κ1) is 17.0. The van der Waals surface area contributed by atoms with Crippen LogP contribution in [0.2, 0.25) is 0 Å². The molecule has 0 saturated carbocycles. The molecule has 0 aromatic carbocycles. The van der Waals surface area contributed by atoms with Gasteiger partial charge in [0.2, 0.25) is 0 Å². The van der Waals surface area contributed by atoms with Crippen molar-refractivity contribution in [2.45, 2.75) is 27.7 Å². The Balaban J connectivity index is 4.04. The van der Waals surface area contributed by atoms with Crippen LogP contribution in [0.1, 0.15) is 27.7 Å². The van der Waals surface area contributed by atoms with E-state index in [4.69, 9.17) is 25.8 Å². The molecule has 0 atom stereocenters. The predicted molar refractivity (Wildman–Crippen MR) is 72.2 cm³/mol. The quantitative estimate of drug-likeness (QED) is 0.518. The van der Waals surface area contributed by atoms with Gasteiger partial charge in [0, 0.05) is 6.54 Å². The third-order valence-corrected chi connectivity index (χ3v) is 3.49. The lowest BCUT2D eigenvalue weighted by molar-refractivity contribution is 0.133. The fourth-order valence-electron chi connectivity index (χ4n) is 0.935. The third kappa shape index (κ3) is 8.69. The number of nitrogens with one attached hydrogen (secondary N) is 1. The van der Waals surface area contributed by atoms with Gasteiger partial charge in [-0.15, -0.1) is 0 Å². The Hall–Kier alpha value is -0.0000000000000000278.